The zero-order valence-corrected chi connectivity index (χ0v) is 12.5. The number of Topliss-reactive ketones (excluding diaryl/α,β-unsaturated/α-hetero) is 1. The largest absolute Gasteiger partial charge is 0.466 e. The molecule has 1 unspecified atom stereocenters. The molecule has 1 aromatic carbocycles. The Morgan fingerprint density at radius 3 is 2.61 bits per heavy atom. The molecule has 0 N–H and O–H groups in total. The van der Waals surface area contributed by atoms with Gasteiger partial charge in [0.15, 0.2) is 5.78 Å². The second kappa shape index (κ2) is 6.90. The highest BCUT2D eigenvalue weighted by Gasteiger charge is 2.15. The summed E-state index contributed by atoms with van der Waals surface area (Å²) >= 11 is 9.33. The fraction of sp³-hybridized carbons (Fsp3) is 0.385. The van der Waals surface area contributed by atoms with E-state index >= 15 is 0 Å². The van der Waals surface area contributed by atoms with E-state index in [1.165, 1.54) is 6.92 Å². The van der Waals surface area contributed by atoms with Crippen LogP contribution in [0.25, 0.3) is 0 Å². The number of hydrogen-bond donors (Lipinski definition) is 0. The van der Waals surface area contributed by atoms with Crippen LogP contribution in [0, 0.1) is 0 Å². The van der Waals surface area contributed by atoms with Gasteiger partial charge in [0.05, 0.1) is 13.0 Å². The number of rotatable bonds is 5. The molecule has 0 aliphatic carbocycles. The first kappa shape index (κ1) is 15.2. The van der Waals surface area contributed by atoms with Gasteiger partial charge in [-0.15, -0.1) is 11.6 Å². The van der Waals surface area contributed by atoms with Crippen LogP contribution in [-0.4, -0.2) is 18.4 Å². The van der Waals surface area contributed by atoms with Crippen LogP contribution in [0.15, 0.2) is 22.7 Å². The summed E-state index contributed by atoms with van der Waals surface area (Å²) in [5, 5.41) is -0.655. The van der Waals surface area contributed by atoms with Gasteiger partial charge in [0.1, 0.15) is 5.38 Å². The molecule has 0 saturated heterocycles. The molecule has 3 nitrogen and oxygen atoms in total. The van der Waals surface area contributed by atoms with E-state index in [2.05, 4.69) is 15.9 Å². The van der Waals surface area contributed by atoms with Gasteiger partial charge in [-0.1, -0.05) is 28.1 Å². The summed E-state index contributed by atoms with van der Waals surface area (Å²) in [6.45, 7) is 3.57. The molecule has 1 rings (SSSR count). The highest BCUT2D eigenvalue weighted by Crippen LogP contribution is 2.27. The second-order valence-electron chi connectivity index (χ2n) is 3.81. The van der Waals surface area contributed by atoms with Crippen molar-refractivity contribution in [3.05, 3.63) is 33.8 Å². The minimum absolute atomic E-state index is 0.110. The molecule has 0 bridgehead atoms. The minimum Gasteiger partial charge on any atom is -0.466 e. The van der Waals surface area contributed by atoms with Crippen LogP contribution < -0.4 is 0 Å². The predicted molar refractivity (Wildman–Crippen MR) is 73.8 cm³/mol. The van der Waals surface area contributed by atoms with Gasteiger partial charge in [-0.2, -0.15) is 0 Å². The zero-order chi connectivity index (χ0) is 13.7. The minimum atomic E-state index is -0.655. The Labute approximate surface area is 120 Å². The van der Waals surface area contributed by atoms with E-state index in [1.807, 2.05) is 0 Å². The highest BCUT2D eigenvalue weighted by atomic mass is 79.9. The lowest BCUT2D eigenvalue weighted by Crippen LogP contribution is -2.08. The number of esters is 1. The van der Waals surface area contributed by atoms with Crippen molar-refractivity contribution in [2.75, 3.05) is 6.61 Å². The summed E-state index contributed by atoms with van der Waals surface area (Å²) in [7, 11) is 0. The van der Waals surface area contributed by atoms with Crippen molar-refractivity contribution in [3.8, 4) is 0 Å². The Morgan fingerprint density at radius 2 is 2.11 bits per heavy atom. The standard InChI is InChI=1S/C13H14BrClO3/c1-3-18-12(17)7-9-4-5-10(6-11(9)14)13(15)8(2)16/h4-6,13H,3,7H2,1-2H3. The summed E-state index contributed by atoms with van der Waals surface area (Å²) in [5.41, 5.74) is 1.52. The Morgan fingerprint density at radius 1 is 1.44 bits per heavy atom. The number of benzene rings is 1. The number of ketones is 1. The van der Waals surface area contributed by atoms with Crippen LogP contribution in [-0.2, 0) is 20.7 Å². The lowest BCUT2D eigenvalue weighted by molar-refractivity contribution is -0.142. The monoisotopic (exact) mass is 332 g/mol. The van der Waals surface area contributed by atoms with Crippen LogP contribution in [0.1, 0.15) is 30.4 Å². The first-order valence-electron chi connectivity index (χ1n) is 5.54. The third-order valence-corrected chi connectivity index (χ3v) is 3.66. The molecule has 0 radical (unpaired) electrons. The average molecular weight is 334 g/mol. The number of hydrogen-bond acceptors (Lipinski definition) is 3. The Hall–Kier alpha value is -0.870. The maximum absolute atomic E-state index is 11.4. The quantitative estimate of drug-likeness (QED) is 0.612. The van der Waals surface area contributed by atoms with Crippen molar-refractivity contribution in [2.45, 2.75) is 25.6 Å². The van der Waals surface area contributed by atoms with Crippen LogP contribution in [0.3, 0.4) is 0 Å². The van der Waals surface area contributed by atoms with Gasteiger partial charge in [0.2, 0.25) is 0 Å². The van der Waals surface area contributed by atoms with Crippen LogP contribution in [0.4, 0.5) is 0 Å². The van der Waals surface area contributed by atoms with E-state index in [4.69, 9.17) is 16.3 Å². The summed E-state index contributed by atoms with van der Waals surface area (Å²) in [6.07, 6.45) is 0.196. The molecule has 0 heterocycles. The van der Waals surface area contributed by atoms with Crippen LogP contribution in [0.5, 0.6) is 0 Å². The third kappa shape index (κ3) is 4.10. The fourth-order valence-corrected chi connectivity index (χ4v) is 2.14. The smallest absolute Gasteiger partial charge is 0.310 e. The molecule has 0 amide bonds. The summed E-state index contributed by atoms with van der Waals surface area (Å²) in [4.78, 5) is 22.6. The number of ether oxygens (including phenoxy) is 1. The van der Waals surface area contributed by atoms with Crippen molar-refractivity contribution in [1.29, 1.82) is 0 Å². The molecule has 0 spiro atoms. The molecular weight excluding hydrogens is 319 g/mol. The van der Waals surface area contributed by atoms with E-state index in [0.29, 0.717) is 12.2 Å². The average Bonchev–Trinajstić information content (AvgIpc) is 2.31. The van der Waals surface area contributed by atoms with Gasteiger partial charge in [-0.25, -0.2) is 0 Å². The Bertz CT molecular complexity index is 460. The van der Waals surface area contributed by atoms with Crippen molar-refractivity contribution < 1.29 is 14.3 Å². The number of carbonyl (C=O) groups is 2. The summed E-state index contributed by atoms with van der Waals surface area (Å²) in [5.74, 6) is -0.387. The molecule has 1 aromatic rings. The van der Waals surface area contributed by atoms with Gasteiger partial charge in [-0.3, -0.25) is 9.59 Å². The normalized spacial score (nSPS) is 12.0. The topological polar surface area (TPSA) is 43.4 Å². The van der Waals surface area contributed by atoms with Gasteiger partial charge < -0.3 is 4.74 Å². The molecule has 0 aliphatic rings. The SMILES string of the molecule is CCOC(=O)Cc1ccc(C(Cl)C(C)=O)cc1Br. The van der Waals surface area contributed by atoms with Crippen LogP contribution in [0.2, 0.25) is 0 Å². The van der Waals surface area contributed by atoms with Crippen LogP contribution >= 0.6 is 27.5 Å². The number of alkyl halides is 1. The van der Waals surface area contributed by atoms with Gasteiger partial charge in [0, 0.05) is 4.47 Å². The van der Waals surface area contributed by atoms with Crippen molar-refractivity contribution in [3.63, 3.8) is 0 Å². The molecule has 0 saturated carbocycles. The van der Waals surface area contributed by atoms with Crippen molar-refractivity contribution in [1.82, 2.24) is 0 Å². The van der Waals surface area contributed by atoms with E-state index in [0.717, 1.165) is 10.0 Å². The van der Waals surface area contributed by atoms with E-state index in [1.54, 1.807) is 25.1 Å². The first-order chi connectivity index (χ1) is 8.45. The molecule has 0 aliphatic heterocycles. The molecule has 0 aromatic heterocycles. The maximum atomic E-state index is 11.4. The van der Waals surface area contributed by atoms with Gasteiger partial charge in [0.25, 0.3) is 0 Å². The van der Waals surface area contributed by atoms with Crippen molar-refractivity contribution >= 4 is 39.3 Å². The van der Waals surface area contributed by atoms with Gasteiger partial charge >= 0.3 is 5.97 Å². The number of halogens is 2. The van der Waals surface area contributed by atoms with E-state index in [-0.39, 0.29) is 18.2 Å². The molecule has 5 heteroatoms. The molecular formula is C13H14BrClO3. The van der Waals surface area contributed by atoms with Gasteiger partial charge in [-0.05, 0) is 31.0 Å². The lowest BCUT2D eigenvalue weighted by Gasteiger charge is -2.09. The fourth-order valence-electron chi connectivity index (χ4n) is 1.47. The molecule has 1 atom stereocenters. The molecule has 98 valence electrons. The maximum Gasteiger partial charge on any atom is 0.310 e. The summed E-state index contributed by atoms with van der Waals surface area (Å²) < 4.78 is 5.63. The zero-order valence-electron chi connectivity index (χ0n) is 10.2. The first-order valence-corrected chi connectivity index (χ1v) is 6.77. The lowest BCUT2D eigenvalue weighted by atomic mass is 10.1. The Kier molecular flexibility index (Phi) is 5.82. The second-order valence-corrected chi connectivity index (χ2v) is 5.10. The highest BCUT2D eigenvalue weighted by molar-refractivity contribution is 9.10. The van der Waals surface area contributed by atoms with E-state index in [9.17, 15) is 9.59 Å². The van der Waals surface area contributed by atoms with Crippen molar-refractivity contribution in [2.24, 2.45) is 0 Å². The van der Waals surface area contributed by atoms with E-state index < -0.39 is 5.38 Å². The third-order valence-electron chi connectivity index (χ3n) is 2.37. The number of carbonyl (C=O) groups excluding carboxylic acids is 2. The molecule has 0 fully saturated rings. The molecule has 18 heavy (non-hydrogen) atoms. The predicted octanol–water partition coefficient (Wildman–Crippen LogP) is 3.42. The Balaban J connectivity index is 2.86. The summed E-state index contributed by atoms with van der Waals surface area (Å²) in [6, 6.07) is 5.28.